The van der Waals surface area contributed by atoms with Crippen LogP contribution in [0.3, 0.4) is 0 Å². The molecule has 0 spiro atoms. The van der Waals surface area contributed by atoms with Crippen LogP contribution in [0.25, 0.3) is 10.6 Å². The molecule has 0 aromatic carbocycles. The molecule has 1 aliphatic carbocycles. The number of rotatable bonds is 4. The van der Waals surface area contributed by atoms with Gasteiger partial charge >= 0.3 is 0 Å². The lowest BCUT2D eigenvalue weighted by atomic mass is 9.80. The van der Waals surface area contributed by atoms with Crippen molar-refractivity contribution in [2.75, 3.05) is 6.54 Å². The first-order valence-electron chi connectivity index (χ1n) is 6.17. The molecule has 1 fully saturated rings. The summed E-state index contributed by atoms with van der Waals surface area (Å²) in [4.78, 5) is 12.8. The lowest BCUT2D eigenvalue weighted by Gasteiger charge is -2.36. The molecule has 100 valence electrons. The van der Waals surface area contributed by atoms with Crippen LogP contribution in [-0.2, 0) is 0 Å². The Morgan fingerprint density at radius 2 is 2.42 bits per heavy atom. The summed E-state index contributed by atoms with van der Waals surface area (Å²) >= 11 is 1.53. The second kappa shape index (κ2) is 4.79. The smallest absolute Gasteiger partial charge is 0.273 e. The third-order valence-corrected chi connectivity index (χ3v) is 4.25. The van der Waals surface area contributed by atoms with E-state index in [2.05, 4.69) is 10.5 Å². The number of hydrogen-bond acceptors (Lipinski definition) is 5. The zero-order chi connectivity index (χ0) is 13.3. The minimum atomic E-state index is -0.726. The molecule has 0 aliphatic heterocycles. The van der Waals surface area contributed by atoms with Gasteiger partial charge in [-0.05, 0) is 30.7 Å². The Bertz CT molecular complexity index is 572. The molecule has 0 bridgehead atoms. The van der Waals surface area contributed by atoms with Crippen molar-refractivity contribution >= 4 is 17.2 Å². The molecule has 2 heterocycles. The van der Waals surface area contributed by atoms with E-state index in [0.717, 1.165) is 24.1 Å². The van der Waals surface area contributed by atoms with Gasteiger partial charge < -0.3 is 14.9 Å². The normalized spacial score (nSPS) is 16.9. The maximum absolute atomic E-state index is 11.9. The van der Waals surface area contributed by atoms with Gasteiger partial charge in [0.1, 0.15) is 0 Å². The largest absolute Gasteiger partial charge is 0.388 e. The number of aliphatic hydroxyl groups is 1. The minimum Gasteiger partial charge on any atom is -0.388 e. The number of carbonyl (C=O) groups is 1. The number of aromatic nitrogens is 1. The van der Waals surface area contributed by atoms with Gasteiger partial charge in [0.2, 0.25) is 0 Å². The van der Waals surface area contributed by atoms with E-state index in [1.54, 1.807) is 6.07 Å². The Morgan fingerprint density at radius 3 is 3.05 bits per heavy atom. The van der Waals surface area contributed by atoms with Gasteiger partial charge in [-0.3, -0.25) is 4.79 Å². The Labute approximate surface area is 114 Å². The van der Waals surface area contributed by atoms with Crippen LogP contribution in [0.15, 0.2) is 28.1 Å². The van der Waals surface area contributed by atoms with Crippen molar-refractivity contribution in [3.05, 3.63) is 29.3 Å². The predicted molar refractivity (Wildman–Crippen MR) is 71.0 cm³/mol. The topological polar surface area (TPSA) is 75.4 Å². The number of nitrogens with one attached hydrogen (secondary N) is 1. The van der Waals surface area contributed by atoms with Crippen molar-refractivity contribution in [2.24, 2.45) is 0 Å². The van der Waals surface area contributed by atoms with Crippen molar-refractivity contribution in [3.8, 4) is 10.6 Å². The Morgan fingerprint density at radius 1 is 1.58 bits per heavy atom. The van der Waals surface area contributed by atoms with Gasteiger partial charge in [-0.25, -0.2) is 0 Å². The summed E-state index contributed by atoms with van der Waals surface area (Å²) in [7, 11) is 0. The molecule has 1 aliphatic rings. The molecule has 0 radical (unpaired) electrons. The molecule has 3 rings (SSSR count). The summed E-state index contributed by atoms with van der Waals surface area (Å²) in [6, 6.07) is 5.43. The van der Waals surface area contributed by atoms with E-state index in [9.17, 15) is 9.90 Å². The third-order valence-electron chi connectivity index (χ3n) is 3.37. The summed E-state index contributed by atoms with van der Waals surface area (Å²) in [6.07, 6.45) is 2.50. The molecule has 19 heavy (non-hydrogen) atoms. The van der Waals surface area contributed by atoms with Crippen LogP contribution in [0.5, 0.6) is 0 Å². The van der Waals surface area contributed by atoms with Crippen LogP contribution in [0.2, 0.25) is 0 Å². The molecule has 6 heteroatoms. The molecule has 2 aromatic heterocycles. The standard InChI is InChI=1S/C13H14N2O3S/c16-12(14-8-13(17)4-2-5-13)9-7-10(18-15-9)11-3-1-6-19-11/h1,3,6-7,17H,2,4-5,8H2,(H,14,16). The zero-order valence-electron chi connectivity index (χ0n) is 10.3. The number of amides is 1. The molecule has 2 aromatic rings. The predicted octanol–water partition coefficient (Wildman–Crippen LogP) is 2.05. The lowest BCUT2D eigenvalue weighted by molar-refractivity contribution is -0.0301. The first-order chi connectivity index (χ1) is 9.16. The highest BCUT2D eigenvalue weighted by molar-refractivity contribution is 7.13. The van der Waals surface area contributed by atoms with Gasteiger partial charge in [0.25, 0.3) is 5.91 Å². The second-order valence-corrected chi connectivity index (χ2v) is 5.76. The van der Waals surface area contributed by atoms with Crippen LogP contribution in [-0.4, -0.2) is 28.3 Å². The van der Waals surface area contributed by atoms with Gasteiger partial charge in [0, 0.05) is 12.6 Å². The lowest BCUT2D eigenvalue weighted by Crippen LogP contribution is -2.47. The van der Waals surface area contributed by atoms with Crippen molar-refractivity contribution in [1.82, 2.24) is 10.5 Å². The van der Waals surface area contributed by atoms with Crippen LogP contribution in [0.1, 0.15) is 29.8 Å². The maximum Gasteiger partial charge on any atom is 0.273 e. The summed E-state index contributed by atoms with van der Waals surface area (Å²) < 4.78 is 5.14. The highest BCUT2D eigenvalue weighted by Crippen LogP contribution is 2.30. The van der Waals surface area contributed by atoms with Gasteiger partial charge in [0.15, 0.2) is 11.5 Å². The van der Waals surface area contributed by atoms with Crippen molar-refractivity contribution in [1.29, 1.82) is 0 Å². The zero-order valence-corrected chi connectivity index (χ0v) is 11.1. The number of thiophene rings is 1. The molecule has 1 amide bonds. The van der Waals surface area contributed by atoms with E-state index in [0.29, 0.717) is 5.76 Å². The van der Waals surface area contributed by atoms with E-state index >= 15 is 0 Å². The van der Waals surface area contributed by atoms with E-state index in [-0.39, 0.29) is 18.1 Å². The summed E-state index contributed by atoms with van der Waals surface area (Å²) in [6.45, 7) is 0.271. The molecule has 0 unspecified atom stereocenters. The second-order valence-electron chi connectivity index (χ2n) is 4.81. The van der Waals surface area contributed by atoms with Crippen LogP contribution in [0, 0.1) is 0 Å². The summed E-state index contributed by atoms with van der Waals surface area (Å²) in [5.74, 6) is 0.273. The summed E-state index contributed by atoms with van der Waals surface area (Å²) in [5.41, 5.74) is -0.484. The fourth-order valence-corrected chi connectivity index (χ4v) is 2.69. The fourth-order valence-electron chi connectivity index (χ4n) is 2.01. The van der Waals surface area contributed by atoms with Crippen LogP contribution in [0.4, 0.5) is 0 Å². The Balaban J connectivity index is 1.64. The van der Waals surface area contributed by atoms with Gasteiger partial charge in [-0.2, -0.15) is 0 Å². The third kappa shape index (κ3) is 2.54. The van der Waals surface area contributed by atoms with Crippen LogP contribution < -0.4 is 5.32 Å². The molecule has 5 nitrogen and oxygen atoms in total. The Kier molecular flexibility index (Phi) is 3.12. The van der Waals surface area contributed by atoms with Crippen LogP contribution >= 0.6 is 11.3 Å². The first-order valence-corrected chi connectivity index (χ1v) is 7.05. The molecule has 0 atom stereocenters. The van der Waals surface area contributed by atoms with Gasteiger partial charge in [0.05, 0.1) is 10.5 Å². The summed E-state index contributed by atoms with van der Waals surface area (Å²) in [5, 5.41) is 18.3. The SMILES string of the molecule is O=C(NCC1(O)CCC1)c1cc(-c2cccs2)on1. The number of hydrogen-bond donors (Lipinski definition) is 2. The molecule has 0 saturated heterocycles. The molecular formula is C13H14N2O3S. The number of carbonyl (C=O) groups excluding carboxylic acids is 1. The van der Waals surface area contributed by atoms with Crippen molar-refractivity contribution in [2.45, 2.75) is 24.9 Å². The number of nitrogens with zero attached hydrogens (tertiary/aromatic N) is 1. The fraction of sp³-hybridized carbons (Fsp3) is 0.385. The minimum absolute atomic E-state index is 0.242. The molecular weight excluding hydrogens is 264 g/mol. The van der Waals surface area contributed by atoms with E-state index in [1.807, 2.05) is 17.5 Å². The first kappa shape index (κ1) is 12.4. The average molecular weight is 278 g/mol. The molecule has 1 saturated carbocycles. The van der Waals surface area contributed by atoms with Crippen molar-refractivity contribution < 1.29 is 14.4 Å². The van der Waals surface area contributed by atoms with Gasteiger partial charge in [-0.15, -0.1) is 11.3 Å². The average Bonchev–Trinajstić information content (AvgIpc) is 3.02. The maximum atomic E-state index is 11.9. The van der Waals surface area contributed by atoms with E-state index in [1.165, 1.54) is 11.3 Å². The monoisotopic (exact) mass is 278 g/mol. The molecule has 2 N–H and O–H groups in total. The van der Waals surface area contributed by atoms with Gasteiger partial charge in [-0.1, -0.05) is 11.2 Å². The van der Waals surface area contributed by atoms with Crippen molar-refractivity contribution in [3.63, 3.8) is 0 Å². The highest BCUT2D eigenvalue weighted by atomic mass is 32.1. The Hall–Kier alpha value is -1.66. The highest BCUT2D eigenvalue weighted by Gasteiger charge is 2.34. The van der Waals surface area contributed by atoms with E-state index in [4.69, 9.17) is 4.52 Å². The quantitative estimate of drug-likeness (QED) is 0.897. The van der Waals surface area contributed by atoms with E-state index < -0.39 is 5.60 Å².